The van der Waals surface area contributed by atoms with Crippen molar-refractivity contribution in [1.29, 1.82) is 0 Å². The van der Waals surface area contributed by atoms with Crippen molar-refractivity contribution in [3.05, 3.63) is 0 Å². The fraction of sp³-hybridized carbons (Fsp3) is 0.800. The molecule has 4 nitrogen and oxygen atoms in total. The lowest BCUT2D eigenvalue weighted by molar-refractivity contribution is -0.147. The fourth-order valence-electron chi connectivity index (χ4n) is 1.82. The maximum Gasteiger partial charge on any atom is 0.302 e. The second kappa shape index (κ2) is 5.14. The number of halogens is 1. The van der Waals surface area contributed by atoms with Crippen molar-refractivity contribution in [2.75, 3.05) is 13.3 Å². The molecule has 0 aromatic rings. The van der Waals surface area contributed by atoms with Gasteiger partial charge in [-0.25, -0.2) is 4.39 Å². The van der Waals surface area contributed by atoms with Crippen LogP contribution in [0.3, 0.4) is 0 Å². The largest absolute Gasteiger partial charge is 0.463 e. The molecule has 0 unspecified atom stereocenters. The van der Waals surface area contributed by atoms with Gasteiger partial charge < -0.3 is 9.47 Å². The van der Waals surface area contributed by atoms with Gasteiger partial charge in [0, 0.05) is 6.92 Å². The smallest absolute Gasteiger partial charge is 0.302 e. The number of esters is 1. The van der Waals surface area contributed by atoms with E-state index in [-0.39, 0.29) is 30.2 Å². The van der Waals surface area contributed by atoms with E-state index >= 15 is 0 Å². The van der Waals surface area contributed by atoms with Crippen molar-refractivity contribution in [2.24, 2.45) is 4.99 Å². The van der Waals surface area contributed by atoms with Gasteiger partial charge in [-0.15, -0.1) is 0 Å². The average Bonchev–Trinajstić information content (AvgIpc) is 2.68. The third kappa shape index (κ3) is 2.74. The molecule has 1 fully saturated rings. The van der Waals surface area contributed by atoms with Crippen molar-refractivity contribution in [1.82, 2.24) is 0 Å². The summed E-state index contributed by atoms with van der Waals surface area (Å²) in [6.45, 7) is 1.14. The third-order valence-corrected chi connectivity index (χ3v) is 3.72. The van der Waals surface area contributed by atoms with Gasteiger partial charge in [0.25, 0.3) is 0 Å². The number of hydrogen-bond donors (Lipinski definition) is 0. The Morgan fingerprint density at radius 2 is 2.50 bits per heavy atom. The molecule has 1 saturated heterocycles. The zero-order valence-corrected chi connectivity index (χ0v) is 9.84. The third-order valence-electron chi connectivity index (χ3n) is 2.57. The van der Waals surface area contributed by atoms with Crippen molar-refractivity contribution in [3.8, 4) is 0 Å². The quantitative estimate of drug-likeness (QED) is 0.710. The Hall–Kier alpha value is -0.620. The SMILES string of the molecule is CC(=O)OC[C@H]1CC[C@H]2N=C(CF)S[C@H]2O1. The van der Waals surface area contributed by atoms with E-state index in [0.717, 1.165) is 12.8 Å². The molecule has 90 valence electrons. The van der Waals surface area contributed by atoms with Gasteiger partial charge in [-0.3, -0.25) is 9.79 Å². The van der Waals surface area contributed by atoms with E-state index in [0.29, 0.717) is 5.04 Å². The molecule has 0 N–H and O–H groups in total. The number of alkyl halides is 1. The number of rotatable bonds is 3. The van der Waals surface area contributed by atoms with Crippen LogP contribution in [0.4, 0.5) is 4.39 Å². The normalized spacial score (nSPS) is 33.1. The second-order valence-electron chi connectivity index (χ2n) is 3.85. The Balaban J connectivity index is 1.82. The number of thioether (sulfide) groups is 1. The number of fused-ring (bicyclic) bond motifs is 1. The Morgan fingerprint density at radius 3 is 3.19 bits per heavy atom. The van der Waals surface area contributed by atoms with E-state index < -0.39 is 6.67 Å². The van der Waals surface area contributed by atoms with E-state index in [2.05, 4.69) is 4.99 Å². The second-order valence-corrected chi connectivity index (χ2v) is 5.02. The van der Waals surface area contributed by atoms with E-state index in [9.17, 15) is 9.18 Å². The number of hydrogen-bond acceptors (Lipinski definition) is 5. The van der Waals surface area contributed by atoms with Gasteiger partial charge in [-0.1, -0.05) is 11.8 Å². The van der Waals surface area contributed by atoms with Gasteiger partial charge in [-0.05, 0) is 12.8 Å². The Labute approximate surface area is 97.6 Å². The van der Waals surface area contributed by atoms with Crippen LogP contribution in [0.2, 0.25) is 0 Å². The van der Waals surface area contributed by atoms with E-state index in [4.69, 9.17) is 9.47 Å². The maximum atomic E-state index is 12.4. The van der Waals surface area contributed by atoms with Crippen LogP contribution in [0.25, 0.3) is 0 Å². The zero-order chi connectivity index (χ0) is 11.5. The van der Waals surface area contributed by atoms with Crippen LogP contribution >= 0.6 is 11.8 Å². The summed E-state index contributed by atoms with van der Waals surface area (Å²) in [7, 11) is 0. The molecule has 2 aliphatic rings. The van der Waals surface area contributed by atoms with Gasteiger partial charge in [-0.2, -0.15) is 0 Å². The molecule has 3 atom stereocenters. The molecule has 2 aliphatic heterocycles. The summed E-state index contributed by atoms with van der Waals surface area (Å²) in [5.74, 6) is -0.300. The minimum atomic E-state index is -0.518. The van der Waals surface area contributed by atoms with Crippen molar-refractivity contribution >= 4 is 22.8 Å². The Kier molecular flexibility index (Phi) is 3.81. The first-order valence-corrected chi connectivity index (χ1v) is 6.15. The molecule has 0 aliphatic carbocycles. The van der Waals surface area contributed by atoms with Crippen LogP contribution < -0.4 is 0 Å². The van der Waals surface area contributed by atoms with Gasteiger partial charge in [0.15, 0.2) is 0 Å². The highest BCUT2D eigenvalue weighted by Crippen LogP contribution is 2.36. The highest BCUT2D eigenvalue weighted by molar-refractivity contribution is 8.14. The van der Waals surface area contributed by atoms with Crippen LogP contribution in [0.1, 0.15) is 19.8 Å². The molecule has 0 spiro atoms. The first-order valence-electron chi connectivity index (χ1n) is 5.27. The summed E-state index contributed by atoms with van der Waals surface area (Å²) in [6, 6.07) is 0.0735. The number of aliphatic imine (C=N–C) groups is 1. The number of carbonyl (C=O) groups is 1. The summed E-state index contributed by atoms with van der Waals surface area (Å²) in [6.07, 6.45) is 1.59. The van der Waals surface area contributed by atoms with Gasteiger partial charge in [0.05, 0.1) is 12.1 Å². The monoisotopic (exact) mass is 247 g/mol. The fourth-order valence-corrected chi connectivity index (χ4v) is 2.92. The van der Waals surface area contributed by atoms with E-state index in [1.807, 2.05) is 0 Å². The minimum absolute atomic E-state index is 0.0735. The Bertz CT molecular complexity index is 310. The van der Waals surface area contributed by atoms with Gasteiger partial charge >= 0.3 is 5.97 Å². The molecule has 0 amide bonds. The Morgan fingerprint density at radius 1 is 1.69 bits per heavy atom. The highest BCUT2D eigenvalue weighted by atomic mass is 32.2. The van der Waals surface area contributed by atoms with Crippen LogP contribution in [-0.4, -0.2) is 41.9 Å². The first kappa shape index (κ1) is 11.9. The molecule has 2 heterocycles. The maximum absolute atomic E-state index is 12.4. The topological polar surface area (TPSA) is 47.9 Å². The first-order chi connectivity index (χ1) is 7.69. The molecule has 16 heavy (non-hydrogen) atoms. The number of ether oxygens (including phenoxy) is 2. The molecular formula is C10H14FNO3S. The van der Waals surface area contributed by atoms with Crippen LogP contribution in [0.15, 0.2) is 4.99 Å². The lowest BCUT2D eigenvalue weighted by Gasteiger charge is -2.30. The van der Waals surface area contributed by atoms with Crippen LogP contribution in [-0.2, 0) is 14.3 Å². The van der Waals surface area contributed by atoms with Crippen molar-refractivity contribution in [3.63, 3.8) is 0 Å². The number of nitrogens with zero attached hydrogens (tertiary/aromatic N) is 1. The van der Waals surface area contributed by atoms with Crippen LogP contribution in [0, 0.1) is 0 Å². The van der Waals surface area contributed by atoms with Crippen molar-refractivity contribution < 1.29 is 18.7 Å². The minimum Gasteiger partial charge on any atom is -0.463 e. The summed E-state index contributed by atoms with van der Waals surface area (Å²) in [4.78, 5) is 14.9. The van der Waals surface area contributed by atoms with Crippen LogP contribution in [0.5, 0.6) is 0 Å². The molecule has 6 heteroatoms. The summed E-state index contributed by atoms with van der Waals surface area (Å²) in [5.41, 5.74) is -0.0972. The van der Waals surface area contributed by atoms with Gasteiger partial charge in [0.2, 0.25) is 0 Å². The molecule has 0 aromatic carbocycles. The standard InChI is InChI=1S/C10H14FNO3S/c1-6(13)14-5-7-2-3-8-10(15-7)16-9(4-11)12-8/h7-8,10H,2-5H2,1H3/t7-,8-,10-/m1/s1. The summed E-state index contributed by atoms with van der Waals surface area (Å²) >= 11 is 1.34. The lowest BCUT2D eigenvalue weighted by atomic mass is 10.1. The molecule has 0 aromatic heterocycles. The summed E-state index contributed by atoms with van der Waals surface area (Å²) in [5, 5.41) is 0.517. The molecular weight excluding hydrogens is 233 g/mol. The molecule has 2 rings (SSSR count). The van der Waals surface area contributed by atoms with E-state index in [1.54, 1.807) is 0 Å². The van der Waals surface area contributed by atoms with E-state index in [1.165, 1.54) is 18.7 Å². The summed E-state index contributed by atoms with van der Waals surface area (Å²) < 4.78 is 23.0. The number of carbonyl (C=O) groups excluding carboxylic acids is 1. The van der Waals surface area contributed by atoms with Crippen molar-refractivity contribution in [2.45, 2.75) is 37.3 Å². The zero-order valence-electron chi connectivity index (χ0n) is 9.02. The highest BCUT2D eigenvalue weighted by Gasteiger charge is 2.37. The predicted octanol–water partition coefficient (Wildman–Crippen LogP) is 1.54. The van der Waals surface area contributed by atoms with Gasteiger partial charge in [0.1, 0.15) is 23.8 Å². The lowest BCUT2D eigenvalue weighted by Crippen LogP contribution is -2.36. The molecule has 0 saturated carbocycles. The molecule has 0 bridgehead atoms. The average molecular weight is 247 g/mol. The predicted molar refractivity (Wildman–Crippen MR) is 59.3 cm³/mol. The molecule has 0 radical (unpaired) electrons.